The molecule has 0 aliphatic heterocycles. The molecule has 0 aliphatic carbocycles. The third-order valence-electron chi connectivity index (χ3n) is 5.25. The Morgan fingerprint density at radius 3 is 2.38 bits per heavy atom. The van der Waals surface area contributed by atoms with Gasteiger partial charge in [-0.2, -0.15) is 13.2 Å². The highest BCUT2D eigenvalue weighted by Gasteiger charge is 2.38. The van der Waals surface area contributed by atoms with Crippen molar-refractivity contribution in [2.75, 3.05) is 12.4 Å². The number of fused-ring (bicyclic) bond motifs is 1. The number of nitrogens with zero attached hydrogens (tertiary/aromatic N) is 1. The van der Waals surface area contributed by atoms with Crippen LogP contribution < -0.4 is 21.3 Å². The van der Waals surface area contributed by atoms with E-state index in [0.29, 0.717) is 16.6 Å². The summed E-state index contributed by atoms with van der Waals surface area (Å²) in [4.78, 5) is 41.0. The van der Waals surface area contributed by atoms with Crippen LogP contribution >= 0.6 is 11.3 Å². The van der Waals surface area contributed by atoms with Gasteiger partial charge in [0.1, 0.15) is 15.7 Å². The molecule has 0 radical (unpaired) electrons. The average molecular weight is 557 g/mol. The number of anilines is 1. The molecule has 2 aromatic carbocycles. The Morgan fingerprint density at radius 2 is 1.78 bits per heavy atom. The largest absolute Gasteiger partial charge is 0.418 e. The normalized spacial score (nSPS) is 12.1. The molecule has 37 heavy (non-hydrogen) atoms. The van der Waals surface area contributed by atoms with E-state index >= 15 is 4.39 Å². The Kier molecular flexibility index (Phi) is 6.45. The Balaban J connectivity index is 1.88. The fraction of sp³-hybridized carbons (Fsp3) is 0.136. The lowest BCUT2D eigenvalue weighted by atomic mass is 10.1. The summed E-state index contributed by atoms with van der Waals surface area (Å²) in [6, 6.07) is 7.16. The number of nitrogens with one attached hydrogen (secondary N) is 3. The highest BCUT2D eigenvalue weighted by Crippen LogP contribution is 2.35. The molecule has 0 bridgehead atoms. The van der Waals surface area contributed by atoms with Crippen LogP contribution in [0.4, 0.5) is 23.2 Å². The van der Waals surface area contributed by atoms with Crippen molar-refractivity contribution in [1.29, 1.82) is 0 Å². The Hall–Kier alpha value is -3.98. The first-order chi connectivity index (χ1) is 17.2. The van der Waals surface area contributed by atoms with Crippen molar-refractivity contribution in [1.82, 2.24) is 14.3 Å². The summed E-state index contributed by atoms with van der Waals surface area (Å²) in [6.07, 6.45) is -5.34. The van der Waals surface area contributed by atoms with Gasteiger partial charge in [0.25, 0.3) is 21.5 Å². The van der Waals surface area contributed by atoms with Gasteiger partial charge < -0.3 is 10.3 Å². The van der Waals surface area contributed by atoms with Crippen LogP contribution in [0.5, 0.6) is 0 Å². The number of thiophene rings is 1. The van der Waals surface area contributed by atoms with Crippen LogP contribution in [0.2, 0.25) is 0 Å². The number of hydrogen-bond donors (Lipinski definition) is 3. The van der Waals surface area contributed by atoms with Crippen molar-refractivity contribution in [3.05, 3.63) is 85.1 Å². The summed E-state index contributed by atoms with van der Waals surface area (Å²) >= 11 is 0.811. The number of carbonyl (C=O) groups excluding carboxylic acids is 1. The van der Waals surface area contributed by atoms with Gasteiger partial charge in [0.05, 0.1) is 16.5 Å². The summed E-state index contributed by atoms with van der Waals surface area (Å²) in [5.74, 6) is -3.29. The van der Waals surface area contributed by atoms with Crippen molar-refractivity contribution in [3.8, 4) is 5.69 Å². The lowest BCUT2D eigenvalue weighted by Gasteiger charge is -2.17. The first kappa shape index (κ1) is 26.1. The highest BCUT2D eigenvalue weighted by molar-refractivity contribution is 7.92. The van der Waals surface area contributed by atoms with Gasteiger partial charge in [-0.05, 0) is 49.4 Å². The smallest absolute Gasteiger partial charge is 0.388 e. The maximum absolute atomic E-state index is 15.2. The number of H-pyrrole nitrogens is 1. The first-order valence-electron chi connectivity index (χ1n) is 10.2. The van der Waals surface area contributed by atoms with Gasteiger partial charge >= 0.3 is 11.9 Å². The number of carbonyl (C=O) groups is 1. The summed E-state index contributed by atoms with van der Waals surface area (Å²) in [5.41, 5.74) is -6.37. The van der Waals surface area contributed by atoms with E-state index in [2.05, 4.69) is 10.3 Å². The molecule has 2 aromatic heterocycles. The van der Waals surface area contributed by atoms with Gasteiger partial charge in [0, 0.05) is 23.2 Å². The molecule has 0 spiro atoms. The fourth-order valence-electron chi connectivity index (χ4n) is 3.54. The number of aryl methyl sites for hydroxylation is 1. The van der Waals surface area contributed by atoms with E-state index < -0.39 is 56.0 Å². The van der Waals surface area contributed by atoms with Crippen molar-refractivity contribution in [2.45, 2.75) is 17.3 Å². The Labute approximate surface area is 209 Å². The topological polar surface area (TPSA) is 130 Å². The molecule has 0 atom stereocenters. The number of amides is 1. The zero-order valence-electron chi connectivity index (χ0n) is 18.9. The van der Waals surface area contributed by atoms with Gasteiger partial charge in [0.2, 0.25) is 0 Å². The van der Waals surface area contributed by atoms with Gasteiger partial charge in [-0.25, -0.2) is 26.9 Å². The SMILES string of the molecule is CNc1ccc2c(=O)n(-c3c(F)cc(C(=O)NS(=O)(=O)c4ccc(C)s4)cc3C(F)(F)F)c(=O)[nH]c2c1. The highest BCUT2D eigenvalue weighted by atomic mass is 32.2. The van der Waals surface area contributed by atoms with E-state index in [1.807, 2.05) is 0 Å². The van der Waals surface area contributed by atoms with Crippen LogP contribution in [0.1, 0.15) is 20.8 Å². The maximum atomic E-state index is 15.2. The lowest BCUT2D eigenvalue weighted by molar-refractivity contribution is -0.137. The number of aromatic amines is 1. The summed E-state index contributed by atoms with van der Waals surface area (Å²) in [5, 5.41) is 2.56. The fourth-order valence-corrected chi connectivity index (χ4v) is 5.80. The molecule has 9 nitrogen and oxygen atoms in total. The van der Waals surface area contributed by atoms with Crippen molar-refractivity contribution in [2.24, 2.45) is 0 Å². The molecule has 1 amide bonds. The van der Waals surface area contributed by atoms with E-state index in [-0.39, 0.29) is 25.7 Å². The second-order valence-corrected chi connectivity index (χ2v) is 10.9. The molecule has 0 aliphatic rings. The molecule has 2 heterocycles. The van der Waals surface area contributed by atoms with E-state index in [0.717, 1.165) is 11.3 Å². The zero-order valence-corrected chi connectivity index (χ0v) is 20.5. The molecule has 0 saturated carbocycles. The van der Waals surface area contributed by atoms with E-state index in [1.54, 1.807) is 18.7 Å². The summed E-state index contributed by atoms with van der Waals surface area (Å²) in [6.45, 7) is 1.60. The predicted molar refractivity (Wildman–Crippen MR) is 128 cm³/mol. The van der Waals surface area contributed by atoms with E-state index in [9.17, 15) is 36.0 Å². The first-order valence-corrected chi connectivity index (χ1v) is 12.5. The molecule has 15 heteroatoms. The quantitative estimate of drug-likeness (QED) is 0.323. The second kappa shape index (κ2) is 9.15. The number of aromatic nitrogens is 2. The van der Waals surface area contributed by atoms with Gasteiger partial charge in [-0.3, -0.25) is 9.59 Å². The van der Waals surface area contributed by atoms with Crippen LogP contribution in [0.25, 0.3) is 16.6 Å². The molecule has 0 unspecified atom stereocenters. The van der Waals surface area contributed by atoms with Crippen LogP contribution in [0, 0.1) is 12.7 Å². The number of sulfonamides is 1. The summed E-state index contributed by atoms with van der Waals surface area (Å²) < 4.78 is 83.3. The standard InChI is InChI=1S/C22H16F4N4O5S2/c1-10-3-6-17(36-10)37(34,35)29-19(31)11-7-14(22(24,25)26)18(15(23)8-11)30-20(32)13-5-4-12(27-2)9-16(13)28-21(30)33/h3-9,27H,1-2H3,(H,28,33)(H,29,31). The van der Waals surface area contributed by atoms with E-state index in [4.69, 9.17) is 0 Å². The van der Waals surface area contributed by atoms with Crippen LogP contribution in [-0.2, 0) is 16.2 Å². The molecule has 4 rings (SSSR count). The Morgan fingerprint density at radius 1 is 1.08 bits per heavy atom. The number of halogens is 4. The maximum Gasteiger partial charge on any atom is 0.418 e. The monoisotopic (exact) mass is 556 g/mol. The van der Waals surface area contributed by atoms with E-state index in [1.165, 1.54) is 30.3 Å². The van der Waals surface area contributed by atoms with Gasteiger partial charge in [0.15, 0.2) is 0 Å². The number of hydrogen-bond acceptors (Lipinski definition) is 7. The zero-order chi connectivity index (χ0) is 27.3. The molecular formula is C22H16F4N4O5S2. The predicted octanol–water partition coefficient (Wildman–Crippen LogP) is 3.37. The van der Waals surface area contributed by atoms with Crippen molar-refractivity contribution >= 4 is 43.9 Å². The lowest BCUT2D eigenvalue weighted by Crippen LogP contribution is -2.36. The summed E-state index contributed by atoms with van der Waals surface area (Å²) in [7, 11) is -2.89. The number of benzene rings is 2. The molecular weight excluding hydrogens is 540 g/mol. The molecule has 0 fully saturated rings. The molecule has 3 N–H and O–H groups in total. The minimum Gasteiger partial charge on any atom is -0.388 e. The van der Waals surface area contributed by atoms with Crippen LogP contribution in [0.3, 0.4) is 0 Å². The third kappa shape index (κ3) is 4.86. The van der Waals surface area contributed by atoms with Crippen LogP contribution in [0.15, 0.2) is 56.3 Å². The average Bonchev–Trinajstić information content (AvgIpc) is 3.25. The van der Waals surface area contributed by atoms with Crippen molar-refractivity contribution < 1.29 is 30.8 Å². The minimum absolute atomic E-state index is 0.00270. The molecule has 194 valence electrons. The number of rotatable bonds is 5. The molecule has 0 saturated heterocycles. The van der Waals surface area contributed by atoms with Gasteiger partial charge in [-0.1, -0.05) is 0 Å². The minimum atomic E-state index is -5.34. The third-order valence-corrected chi connectivity index (χ3v) is 8.07. The number of alkyl halides is 3. The van der Waals surface area contributed by atoms with Gasteiger partial charge in [-0.15, -0.1) is 11.3 Å². The Bertz CT molecular complexity index is 1790. The van der Waals surface area contributed by atoms with Crippen LogP contribution in [-0.4, -0.2) is 30.9 Å². The second-order valence-electron chi connectivity index (χ2n) is 7.73. The molecule has 4 aromatic rings. The van der Waals surface area contributed by atoms with Crippen molar-refractivity contribution in [3.63, 3.8) is 0 Å².